The van der Waals surface area contributed by atoms with Crippen molar-refractivity contribution in [3.63, 3.8) is 0 Å². The van der Waals surface area contributed by atoms with E-state index in [1.54, 1.807) is 25.1 Å². The van der Waals surface area contributed by atoms with Crippen molar-refractivity contribution in [2.24, 2.45) is 0 Å². The third-order valence-electron chi connectivity index (χ3n) is 4.62. The molecule has 0 spiro atoms. The van der Waals surface area contributed by atoms with Crippen molar-refractivity contribution in [2.45, 2.75) is 12.5 Å². The minimum absolute atomic E-state index is 0.208. The number of carbonyl (C=O) groups is 2. The summed E-state index contributed by atoms with van der Waals surface area (Å²) in [6.07, 6.45) is 0. The van der Waals surface area contributed by atoms with Crippen LogP contribution in [-0.4, -0.2) is 18.4 Å². The van der Waals surface area contributed by atoms with Gasteiger partial charge in [0.25, 0.3) is 0 Å². The Bertz CT molecular complexity index is 981. The van der Waals surface area contributed by atoms with Gasteiger partial charge in [0.1, 0.15) is 0 Å². The lowest BCUT2D eigenvalue weighted by atomic mass is 9.85. The van der Waals surface area contributed by atoms with Crippen LogP contribution in [0.15, 0.2) is 66.7 Å². The summed E-state index contributed by atoms with van der Waals surface area (Å²) in [4.78, 5) is 26.2. The zero-order valence-electron chi connectivity index (χ0n) is 13.8. The maximum absolute atomic E-state index is 13.3. The van der Waals surface area contributed by atoms with Crippen molar-refractivity contribution in [2.75, 3.05) is 11.9 Å². The highest BCUT2D eigenvalue weighted by Gasteiger charge is 2.54. The highest BCUT2D eigenvalue weighted by Crippen LogP contribution is 2.43. The van der Waals surface area contributed by atoms with E-state index in [2.05, 4.69) is 5.32 Å². The van der Waals surface area contributed by atoms with E-state index in [0.29, 0.717) is 16.8 Å². The molecule has 3 aromatic carbocycles. The van der Waals surface area contributed by atoms with Gasteiger partial charge in [-0.05, 0) is 23.9 Å². The lowest BCUT2D eigenvalue weighted by Crippen LogP contribution is -2.47. The monoisotopic (exact) mass is 331 g/mol. The van der Waals surface area contributed by atoms with E-state index >= 15 is 0 Å². The van der Waals surface area contributed by atoms with E-state index in [4.69, 9.17) is 4.74 Å². The number of esters is 1. The summed E-state index contributed by atoms with van der Waals surface area (Å²) in [5.74, 6) is -0.857. The van der Waals surface area contributed by atoms with Crippen LogP contribution in [0.2, 0.25) is 0 Å². The van der Waals surface area contributed by atoms with E-state index in [9.17, 15) is 9.59 Å². The molecule has 124 valence electrons. The molecule has 4 heteroatoms. The second-order valence-corrected chi connectivity index (χ2v) is 6.00. The maximum Gasteiger partial charge on any atom is 0.344 e. The van der Waals surface area contributed by atoms with Gasteiger partial charge in [-0.3, -0.25) is 4.79 Å². The Morgan fingerprint density at radius 1 is 1.00 bits per heavy atom. The third-order valence-corrected chi connectivity index (χ3v) is 4.62. The molecule has 0 aliphatic carbocycles. The maximum atomic E-state index is 13.3. The molecule has 0 saturated heterocycles. The number of anilines is 1. The summed E-state index contributed by atoms with van der Waals surface area (Å²) >= 11 is 0. The van der Waals surface area contributed by atoms with E-state index in [1.165, 1.54) is 0 Å². The average Bonchev–Trinajstić information content (AvgIpc) is 2.97. The second-order valence-electron chi connectivity index (χ2n) is 6.00. The molecule has 0 fully saturated rings. The molecule has 0 unspecified atom stereocenters. The summed E-state index contributed by atoms with van der Waals surface area (Å²) in [5, 5.41) is 5.14. The van der Waals surface area contributed by atoms with Gasteiger partial charge < -0.3 is 10.1 Å². The number of hydrogen-bond acceptors (Lipinski definition) is 4. The standard InChI is InChI=1S/C21H17NO3/c1-2-25-20(24)21(15-9-4-3-5-10-15)19(23)17-13-12-14-8-6-7-11-16(14)18(17)22-21/h3-13,22H,2H2,1H3/t21-/m0/s1. The molecule has 1 atom stereocenters. The normalized spacial score (nSPS) is 18.7. The molecule has 1 heterocycles. The van der Waals surface area contributed by atoms with Crippen LogP contribution in [0.3, 0.4) is 0 Å². The molecule has 0 bridgehead atoms. The number of hydrogen-bond donors (Lipinski definition) is 1. The van der Waals surface area contributed by atoms with Crippen molar-refractivity contribution in [3.8, 4) is 0 Å². The van der Waals surface area contributed by atoms with Gasteiger partial charge in [0.2, 0.25) is 11.3 Å². The molecule has 4 rings (SSSR count). The smallest absolute Gasteiger partial charge is 0.344 e. The van der Waals surface area contributed by atoms with Crippen molar-refractivity contribution >= 4 is 28.2 Å². The first-order valence-electron chi connectivity index (χ1n) is 8.26. The molecule has 25 heavy (non-hydrogen) atoms. The lowest BCUT2D eigenvalue weighted by molar-refractivity contribution is -0.146. The first kappa shape index (κ1) is 15.4. The fourth-order valence-corrected chi connectivity index (χ4v) is 3.43. The molecule has 0 saturated carbocycles. The second kappa shape index (κ2) is 5.74. The lowest BCUT2D eigenvalue weighted by Gasteiger charge is -2.26. The molecule has 1 aliphatic heterocycles. The van der Waals surface area contributed by atoms with Gasteiger partial charge in [-0.15, -0.1) is 0 Å². The van der Waals surface area contributed by atoms with Crippen molar-refractivity contribution < 1.29 is 14.3 Å². The highest BCUT2D eigenvalue weighted by molar-refractivity contribution is 6.27. The van der Waals surface area contributed by atoms with Gasteiger partial charge in [0, 0.05) is 10.9 Å². The van der Waals surface area contributed by atoms with Crippen LogP contribution in [0, 0.1) is 0 Å². The Morgan fingerprint density at radius 3 is 2.48 bits per heavy atom. The fourth-order valence-electron chi connectivity index (χ4n) is 3.43. The Kier molecular flexibility index (Phi) is 3.53. The predicted molar refractivity (Wildman–Crippen MR) is 96.7 cm³/mol. The molecule has 3 aromatic rings. The van der Waals surface area contributed by atoms with E-state index < -0.39 is 11.5 Å². The van der Waals surface area contributed by atoms with Crippen LogP contribution in [0.1, 0.15) is 22.8 Å². The molecule has 1 aliphatic rings. The van der Waals surface area contributed by atoms with Gasteiger partial charge in [0.05, 0.1) is 12.3 Å². The summed E-state index contributed by atoms with van der Waals surface area (Å²) in [5.41, 5.74) is 0.235. The molecule has 0 radical (unpaired) electrons. The molecule has 0 aromatic heterocycles. The summed E-state index contributed by atoms with van der Waals surface area (Å²) in [7, 11) is 0. The average molecular weight is 331 g/mol. The predicted octanol–water partition coefficient (Wildman–Crippen LogP) is 3.91. The molecular weight excluding hydrogens is 314 g/mol. The Morgan fingerprint density at radius 2 is 1.72 bits per heavy atom. The number of nitrogens with one attached hydrogen (secondary N) is 1. The van der Waals surface area contributed by atoms with Gasteiger partial charge in [-0.2, -0.15) is 0 Å². The van der Waals surface area contributed by atoms with Gasteiger partial charge in [-0.25, -0.2) is 4.79 Å². The Balaban J connectivity index is 1.96. The molecule has 1 N–H and O–H groups in total. The first-order valence-corrected chi connectivity index (χ1v) is 8.26. The van der Waals surface area contributed by atoms with Crippen LogP contribution in [0.4, 0.5) is 5.69 Å². The molecule has 0 amide bonds. The number of carbonyl (C=O) groups excluding carboxylic acids is 2. The number of rotatable bonds is 3. The molecule has 4 nitrogen and oxygen atoms in total. The van der Waals surface area contributed by atoms with Gasteiger partial charge >= 0.3 is 5.97 Å². The van der Waals surface area contributed by atoms with Crippen molar-refractivity contribution in [3.05, 3.63) is 77.9 Å². The SMILES string of the molecule is CCOC(=O)[C@@]1(c2ccccc2)Nc2c(ccc3ccccc23)C1=O. The van der Waals surface area contributed by atoms with Gasteiger partial charge in [0.15, 0.2) is 0 Å². The Labute approximate surface area is 145 Å². The number of ether oxygens (including phenoxy) is 1. The summed E-state index contributed by atoms with van der Waals surface area (Å²) in [6, 6.07) is 20.5. The zero-order valence-corrected chi connectivity index (χ0v) is 13.8. The number of benzene rings is 3. The summed E-state index contributed by atoms with van der Waals surface area (Å²) in [6.45, 7) is 1.94. The van der Waals surface area contributed by atoms with Crippen LogP contribution in [-0.2, 0) is 15.1 Å². The zero-order chi connectivity index (χ0) is 17.4. The number of ketones is 1. The first-order chi connectivity index (χ1) is 12.2. The topological polar surface area (TPSA) is 55.4 Å². The van der Waals surface area contributed by atoms with E-state index in [-0.39, 0.29) is 12.4 Å². The minimum atomic E-state index is -1.54. The quantitative estimate of drug-likeness (QED) is 0.584. The Hall–Kier alpha value is -3.14. The van der Waals surface area contributed by atoms with E-state index in [1.807, 2.05) is 48.5 Å². The van der Waals surface area contributed by atoms with Crippen LogP contribution < -0.4 is 5.32 Å². The number of fused-ring (bicyclic) bond motifs is 3. The van der Waals surface area contributed by atoms with Crippen molar-refractivity contribution in [1.82, 2.24) is 0 Å². The largest absolute Gasteiger partial charge is 0.464 e. The minimum Gasteiger partial charge on any atom is -0.464 e. The highest BCUT2D eigenvalue weighted by atomic mass is 16.5. The third kappa shape index (κ3) is 2.14. The van der Waals surface area contributed by atoms with Crippen LogP contribution >= 0.6 is 0 Å². The molecular formula is C21H17NO3. The van der Waals surface area contributed by atoms with Crippen LogP contribution in [0.25, 0.3) is 10.8 Å². The van der Waals surface area contributed by atoms with Crippen molar-refractivity contribution in [1.29, 1.82) is 0 Å². The number of Topliss-reactive ketones (excluding diaryl/α,β-unsaturated/α-hetero) is 1. The summed E-state index contributed by atoms with van der Waals surface area (Å²) < 4.78 is 5.28. The van der Waals surface area contributed by atoms with Gasteiger partial charge in [-0.1, -0.05) is 60.7 Å². The van der Waals surface area contributed by atoms with E-state index in [0.717, 1.165) is 10.8 Å². The fraction of sp³-hybridized carbons (Fsp3) is 0.143. The van der Waals surface area contributed by atoms with Crippen LogP contribution in [0.5, 0.6) is 0 Å².